The molecule has 0 radical (unpaired) electrons. The first-order valence-electron chi connectivity index (χ1n) is 7.60. The van der Waals surface area contributed by atoms with Gasteiger partial charge >= 0.3 is 6.03 Å². The maximum atomic E-state index is 12.4. The largest absolute Gasteiger partial charge is 0.321 e. The molecule has 1 unspecified atom stereocenters. The minimum atomic E-state index is -3.01. The van der Waals surface area contributed by atoms with Crippen LogP contribution in [0.25, 0.3) is 0 Å². The molecule has 0 saturated carbocycles. The average molecular weight is 331 g/mol. The van der Waals surface area contributed by atoms with Gasteiger partial charge in [-0.1, -0.05) is 26.8 Å². The molecule has 1 aliphatic rings. The first kappa shape index (κ1) is 19.0. The topological polar surface area (TPSA) is 69.7 Å². The van der Waals surface area contributed by atoms with Crippen LogP contribution in [0, 0.1) is 5.41 Å². The van der Waals surface area contributed by atoms with Gasteiger partial charge < -0.3 is 15.1 Å². The third-order valence-corrected chi connectivity index (χ3v) is 5.24. The molecule has 1 atom stereocenters. The van der Waals surface area contributed by atoms with E-state index < -0.39 is 9.84 Å². The van der Waals surface area contributed by atoms with E-state index in [1.54, 1.807) is 11.1 Å². The predicted molar refractivity (Wildman–Crippen MR) is 89.4 cm³/mol. The van der Waals surface area contributed by atoms with Gasteiger partial charge in [0.25, 0.3) is 0 Å². The van der Waals surface area contributed by atoms with Crippen LogP contribution in [0.1, 0.15) is 27.2 Å². The van der Waals surface area contributed by atoms with Gasteiger partial charge in [0, 0.05) is 25.3 Å². The fraction of sp³-hybridized carbons (Fsp3) is 0.800. The standard InChI is InChI=1S/C15H29N3O3S/c1-15(2,3)7-8-16-14(19)18(10-9-17(4)5)13-6-11-22(20,21)12-13/h7-8,13H,6,9-12H2,1-5H3,(H,16,19)/b8-7+. The molecule has 7 heteroatoms. The van der Waals surface area contributed by atoms with E-state index in [9.17, 15) is 13.2 Å². The third kappa shape index (κ3) is 6.79. The maximum Gasteiger partial charge on any atom is 0.321 e. The Hall–Kier alpha value is -1.08. The van der Waals surface area contributed by atoms with Crippen molar-refractivity contribution in [3.8, 4) is 0 Å². The van der Waals surface area contributed by atoms with E-state index in [4.69, 9.17) is 0 Å². The number of nitrogens with one attached hydrogen (secondary N) is 1. The smallest absolute Gasteiger partial charge is 0.319 e. The average Bonchev–Trinajstić information content (AvgIpc) is 2.67. The van der Waals surface area contributed by atoms with Crippen LogP contribution in [0.15, 0.2) is 12.3 Å². The van der Waals surface area contributed by atoms with Crippen LogP contribution in [0.3, 0.4) is 0 Å². The van der Waals surface area contributed by atoms with Gasteiger partial charge in [-0.25, -0.2) is 13.2 Å². The van der Waals surface area contributed by atoms with Crippen molar-refractivity contribution in [2.75, 3.05) is 38.7 Å². The van der Waals surface area contributed by atoms with Crippen LogP contribution in [0.5, 0.6) is 0 Å². The summed E-state index contributed by atoms with van der Waals surface area (Å²) in [6.07, 6.45) is 4.08. The molecule has 128 valence electrons. The van der Waals surface area contributed by atoms with Gasteiger partial charge in [-0.2, -0.15) is 0 Å². The molecule has 0 aromatic carbocycles. The van der Waals surface area contributed by atoms with Crippen molar-refractivity contribution in [2.45, 2.75) is 33.2 Å². The molecular formula is C15H29N3O3S. The molecule has 22 heavy (non-hydrogen) atoms. The number of nitrogens with zero attached hydrogens (tertiary/aromatic N) is 2. The normalized spacial score (nSPS) is 21.5. The molecule has 1 fully saturated rings. The highest BCUT2D eigenvalue weighted by atomic mass is 32.2. The molecule has 0 spiro atoms. The van der Waals surface area contributed by atoms with E-state index in [-0.39, 0.29) is 29.0 Å². The van der Waals surface area contributed by atoms with Crippen molar-refractivity contribution in [3.63, 3.8) is 0 Å². The summed E-state index contributed by atoms with van der Waals surface area (Å²) in [7, 11) is 0.853. The van der Waals surface area contributed by atoms with Crippen molar-refractivity contribution in [1.82, 2.24) is 15.1 Å². The van der Waals surface area contributed by atoms with Crippen LogP contribution in [-0.2, 0) is 9.84 Å². The van der Waals surface area contributed by atoms with Gasteiger partial charge in [-0.3, -0.25) is 0 Å². The zero-order valence-electron chi connectivity index (χ0n) is 14.3. The van der Waals surface area contributed by atoms with Crippen molar-refractivity contribution in [2.24, 2.45) is 5.41 Å². The van der Waals surface area contributed by atoms with E-state index >= 15 is 0 Å². The lowest BCUT2D eigenvalue weighted by atomic mass is 9.97. The second kappa shape index (κ2) is 7.46. The first-order valence-corrected chi connectivity index (χ1v) is 9.42. The predicted octanol–water partition coefficient (Wildman–Crippen LogP) is 1.31. The second-order valence-corrected chi connectivity index (χ2v) is 9.43. The summed E-state index contributed by atoms with van der Waals surface area (Å²) in [5.41, 5.74) is -0.0154. The molecule has 1 rings (SSSR count). The molecule has 2 amide bonds. The number of amides is 2. The van der Waals surface area contributed by atoms with Crippen LogP contribution in [0.2, 0.25) is 0 Å². The molecule has 1 heterocycles. The summed E-state index contributed by atoms with van der Waals surface area (Å²) in [6, 6.07) is -0.461. The van der Waals surface area contributed by atoms with E-state index in [0.717, 1.165) is 0 Å². The lowest BCUT2D eigenvalue weighted by Crippen LogP contribution is -2.48. The molecule has 1 N–H and O–H groups in total. The Labute approximate surface area is 134 Å². The fourth-order valence-corrected chi connectivity index (χ4v) is 3.96. The van der Waals surface area contributed by atoms with Crippen LogP contribution in [-0.4, -0.2) is 69.0 Å². The number of carbonyl (C=O) groups is 1. The number of hydrogen-bond donors (Lipinski definition) is 1. The van der Waals surface area contributed by atoms with Crippen molar-refractivity contribution in [3.05, 3.63) is 12.3 Å². The number of sulfone groups is 1. The van der Waals surface area contributed by atoms with Crippen LogP contribution in [0.4, 0.5) is 4.79 Å². The van der Waals surface area contributed by atoms with Crippen LogP contribution < -0.4 is 5.32 Å². The third-order valence-electron chi connectivity index (χ3n) is 3.49. The summed E-state index contributed by atoms with van der Waals surface area (Å²) in [5, 5.41) is 2.76. The molecule has 0 aromatic rings. The number of urea groups is 1. The van der Waals surface area contributed by atoms with Gasteiger partial charge in [0.1, 0.15) is 0 Å². The Morgan fingerprint density at radius 1 is 1.27 bits per heavy atom. The quantitative estimate of drug-likeness (QED) is 0.824. The van der Waals surface area contributed by atoms with Crippen molar-refractivity contribution < 1.29 is 13.2 Å². The van der Waals surface area contributed by atoms with Gasteiger partial charge in [0.05, 0.1) is 11.5 Å². The lowest BCUT2D eigenvalue weighted by molar-refractivity contribution is 0.176. The molecule has 6 nitrogen and oxygen atoms in total. The van der Waals surface area contributed by atoms with Crippen molar-refractivity contribution >= 4 is 15.9 Å². The maximum absolute atomic E-state index is 12.4. The number of allylic oxidation sites excluding steroid dienone is 1. The highest BCUT2D eigenvalue weighted by Gasteiger charge is 2.34. The first-order chi connectivity index (χ1) is 10.0. The van der Waals surface area contributed by atoms with Gasteiger partial charge in [0.15, 0.2) is 9.84 Å². The second-order valence-electron chi connectivity index (χ2n) is 7.20. The summed E-state index contributed by atoms with van der Waals surface area (Å²) in [6.45, 7) is 7.35. The molecule has 0 bridgehead atoms. The zero-order valence-corrected chi connectivity index (χ0v) is 15.1. The number of hydrogen-bond acceptors (Lipinski definition) is 4. The summed E-state index contributed by atoms with van der Waals surface area (Å²) in [5.74, 6) is 0.234. The molecule has 0 aliphatic carbocycles. The monoisotopic (exact) mass is 331 g/mol. The number of likely N-dealkylation sites (N-methyl/N-ethyl adjacent to an activating group) is 1. The minimum Gasteiger partial charge on any atom is -0.319 e. The SMILES string of the molecule is CN(C)CCN(C(=O)N/C=C/C(C)(C)C)C1CCS(=O)(=O)C1. The van der Waals surface area contributed by atoms with Crippen LogP contribution >= 0.6 is 0 Å². The molecular weight excluding hydrogens is 302 g/mol. The Bertz CT molecular complexity index is 507. The zero-order chi connectivity index (χ0) is 17.0. The van der Waals surface area contributed by atoms with Gasteiger partial charge in [-0.15, -0.1) is 0 Å². The van der Waals surface area contributed by atoms with Crippen molar-refractivity contribution in [1.29, 1.82) is 0 Å². The van der Waals surface area contributed by atoms with E-state index in [1.807, 2.05) is 45.8 Å². The fourth-order valence-electron chi connectivity index (χ4n) is 2.22. The van der Waals surface area contributed by atoms with E-state index in [0.29, 0.717) is 19.5 Å². The molecule has 0 aromatic heterocycles. The lowest BCUT2D eigenvalue weighted by Gasteiger charge is -2.29. The number of rotatable bonds is 5. The Morgan fingerprint density at radius 3 is 2.36 bits per heavy atom. The summed E-state index contributed by atoms with van der Waals surface area (Å²) < 4.78 is 23.3. The van der Waals surface area contributed by atoms with E-state index in [2.05, 4.69) is 5.32 Å². The summed E-state index contributed by atoms with van der Waals surface area (Å²) >= 11 is 0. The highest BCUT2D eigenvalue weighted by molar-refractivity contribution is 7.91. The molecule has 1 saturated heterocycles. The summed E-state index contributed by atoms with van der Waals surface area (Å²) in [4.78, 5) is 16.0. The van der Waals surface area contributed by atoms with Gasteiger partial charge in [-0.05, 0) is 25.9 Å². The Morgan fingerprint density at radius 2 is 1.91 bits per heavy atom. The van der Waals surface area contributed by atoms with Gasteiger partial charge in [0.2, 0.25) is 0 Å². The Kier molecular flexibility index (Phi) is 6.43. The Balaban J connectivity index is 2.73. The van der Waals surface area contributed by atoms with E-state index in [1.165, 1.54) is 0 Å². The highest BCUT2D eigenvalue weighted by Crippen LogP contribution is 2.18. The minimum absolute atomic E-state index is 0.0154. The number of carbonyl (C=O) groups excluding carboxylic acids is 1. The molecule has 1 aliphatic heterocycles.